The minimum absolute atomic E-state index is 0.236. The zero-order valence-electron chi connectivity index (χ0n) is 9.62. The fraction of sp³-hybridized carbons (Fsp3) is 0.900. The first-order valence-electron chi connectivity index (χ1n) is 5.01. The molecular weight excluding hydrogens is 198 g/mol. The van der Waals surface area contributed by atoms with Gasteiger partial charge in [-0.3, -0.25) is 4.79 Å². The summed E-state index contributed by atoms with van der Waals surface area (Å²) in [6.45, 7) is 4.06. The molecule has 0 aromatic rings. The number of rotatable bonds is 7. The lowest BCUT2D eigenvalue weighted by molar-refractivity contribution is -0.137. The third-order valence-electron chi connectivity index (χ3n) is 2.22. The maximum atomic E-state index is 11.4. The number of hydrogen-bond donors (Lipinski definition) is 3. The van der Waals surface area contributed by atoms with Gasteiger partial charge in [0.15, 0.2) is 0 Å². The van der Waals surface area contributed by atoms with Gasteiger partial charge in [-0.15, -0.1) is 0 Å². The predicted octanol–water partition coefficient (Wildman–Crippen LogP) is -0.482. The van der Waals surface area contributed by atoms with Crippen molar-refractivity contribution in [1.82, 2.24) is 5.32 Å². The maximum absolute atomic E-state index is 11.4. The number of carbonyl (C=O) groups excluding carboxylic acids is 1. The van der Waals surface area contributed by atoms with E-state index in [1.165, 1.54) is 0 Å². The Morgan fingerprint density at radius 1 is 1.53 bits per heavy atom. The van der Waals surface area contributed by atoms with E-state index in [0.717, 1.165) is 0 Å². The fourth-order valence-electron chi connectivity index (χ4n) is 0.966. The van der Waals surface area contributed by atoms with Gasteiger partial charge in [-0.1, -0.05) is 13.8 Å². The summed E-state index contributed by atoms with van der Waals surface area (Å²) in [5, 5.41) is 21.1. The van der Waals surface area contributed by atoms with Crippen LogP contribution >= 0.6 is 0 Å². The average Bonchev–Trinajstić information content (AvgIpc) is 2.23. The van der Waals surface area contributed by atoms with Crippen molar-refractivity contribution < 1.29 is 19.7 Å². The van der Waals surface area contributed by atoms with Crippen molar-refractivity contribution >= 4 is 5.91 Å². The fourth-order valence-corrected chi connectivity index (χ4v) is 0.966. The molecule has 0 aromatic heterocycles. The summed E-state index contributed by atoms with van der Waals surface area (Å²) in [4.78, 5) is 11.4. The van der Waals surface area contributed by atoms with Crippen molar-refractivity contribution in [3.8, 4) is 0 Å². The Hall–Kier alpha value is -0.650. The Bertz CT molecular complexity index is 194. The molecule has 0 heterocycles. The van der Waals surface area contributed by atoms with Crippen molar-refractivity contribution in [2.24, 2.45) is 5.41 Å². The van der Waals surface area contributed by atoms with Gasteiger partial charge in [-0.2, -0.15) is 0 Å². The van der Waals surface area contributed by atoms with Crippen LogP contribution < -0.4 is 5.32 Å². The number of ether oxygens (including phenoxy) is 1. The van der Waals surface area contributed by atoms with E-state index in [1.54, 1.807) is 21.0 Å². The molecule has 0 saturated heterocycles. The number of amides is 1. The Morgan fingerprint density at radius 3 is 2.60 bits per heavy atom. The molecule has 5 heteroatoms. The number of aliphatic hydroxyl groups is 2. The molecule has 1 unspecified atom stereocenters. The van der Waals surface area contributed by atoms with Crippen molar-refractivity contribution in [3.63, 3.8) is 0 Å². The van der Waals surface area contributed by atoms with Gasteiger partial charge in [-0.05, 0) is 6.42 Å². The zero-order chi connectivity index (χ0) is 11.9. The number of carbonyl (C=O) groups is 1. The Kier molecular flexibility index (Phi) is 6.47. The van der Waals surface area contributed by atoms with Crippen molar-refractivity contribution in [2.75, 3.05) is 26.9 Å². The number of aliphatic hydroxyl groups excluding tert-OH is 2. The van der Waals surface area contributed by atoms with Crippen molar-refractivity contribution in [2.45, 2.75) is 26.4 Å². The van der Waals surface area contributed by atoms with Crippen molar-refractivity contribution in [1.29, 1.82) is 0 Å². The van der Waals surface area contributed by atoms with Crippen molar-refractivity contribution in [3.05, 3.63) is 0 Å². The third-order valence-corrected chi connectivity index (χ3v) is 2.22. The van der Waals surface area contributed by atoms with Gasteiger partial charge >= 0.3 is 0 Å². The van der Waals surface area contributed by atoms with Crippen LogP contribution in [-0.4, -0.2) is 49.1 Å². The standard InChI is InChI=1S/C10H21NO4/c1-10(2,7-12)8(13)9(14)11-5-4-6-15-3/h8,12-13H,4-7H2,1-3H3,(H,11,14). The first-order chi connectivity index (χ1) is 6.95. The summed E-state index contributed by atoms with van der Waals surface area (Å²) >= 11 is 0. The summed E-state index contributed by atoms with van der Waals surface area (Å²) in [5.41, 5.74) is -0.814. The molecule has 0 radical (unpaired) electrons. The molecule has 0 spiro atoms. The lowest BCUT2D eigenvalue weighted by Gasteiger charge is -2.27. The Balaban J connectivity index is 3.89. The van der Waals surface area contributed by atoms with Crippen LogP contribution in [0.5, 0.6) is 0 Å². The minimum Gasteiger partial charge on any atom is -0.396 e. The Morgan fingerprint density at radius 2 is 2.13 bits per heavy atom. The second-order valence-electron chi connectivity index (χ2n) is 4.19. The third kappa shape index (κ3) is 5.11. The van der Waals surface area contributed by atoms with Gasteiger partial charge in [0, 0.05) is 25.7 Å². The van der Waals surface area contributed by atoms with Crippen LogP contribution in [-0.2, 0) is 9.53 Å². The van der Waals surface area contributed by atoms with E-state index in [9.17, 15) is 9.90 Å². The molecule has 3 N–H and O–H groups in total. The van der Waals surface area contributed by atoms with Gasteiger partial charge in [0.05, 0.1) is 6.61 Å². The van der Waals surface area contributed by atoms with Gasteiger partial charge in [0.25, 0.3) is 0 Å². The van der Waals surface area contributed by atoms with Crippen LogP contribution in [0.2, 0.25) is 0 Å². The van der Waals surface area contributed by atoms with E-state index in [4.69, 9.17) is 9.84 Å². The molecule has 0 bridgehead atoms. The molecule has 0 saturated carbocycles. The topological polar surface area (TPSA) is 78.8 Å². The molecule has 0 aliphatic rings. The molecule has 5 nitrogen and oxygen atoms in total. The first kappa shape index (κ1) is 14.3. The SMILES string of the molecule is COCCCNC(=O)C(O)C(C)(C)CO. The number of nitrogens with one attached hydrogen (secondary N) is 1. The molecule has 0 aliphatic carbocycles. The van der Waals surface area contributed by atoms with Crippen LogP contribution in [0.15, 0.2) is 0 Å². The predicted molar refractivity (Wildman–Crippen MR) is 56.4 cm³/mol. The minimum atomic E-state index is -1.19. The van der Waals surface area contributed by atoms with Crippen LogP contribution in [0.3, 0.4) is 0 Å². The summed E-state index contributed by atoms with van der Waals surface area (Å²) < 4.78 is 4.82. The lowest BCUT2D eigenvalue weighted by Crippen LogP contribution is -2.45. The quantitative estimate of drug-likeness (QED) is 0.505. The highest BCUT2D eigenvalue weighted by atomic mass is 16.5. The van der Waals surface area contributed by atoms with Crippen LogP contribution in [0, 0.1) is 5.41 Å². The van der Waals surface area contributed by atoms with Crippen LogP contribution in [0.1, 0.15) is 20.3 Å². The lowest BCUT2D eigenvalue weighted by atomic mass is 9.87. The number of methoxy groups -OCH3 is 1. The second-order valence-corrected chi connectivity index (χ2v) is 4.19. The van der Waals surface area contributed by atoms with E-state index in [-0.39, 0.29) is 6.61 Å². The average molecular weight is 219 g/mol. The molecule has 0 rings (SSSR count). The molecule has 1 amide bonds. The normalized spacial score (nSPS) is 13.7. The summed E-state index contributed by atoms with van der Waals surface area (Å²) in [5.74, 6) is -0.454. The highest BCUT2D eigenvalue weighted by molar-refractivity contribution is 5.81. The van der Waals surface area contributed by atoms with E-state index < -0.39 is 17.4 Å². The number of hydrogen-bond acceptors (Lipinski definition) is 4. The second kappa shape index (κ2) is 6.76. The molecule has 0 aliphatic heterocycles. The van der Waals surface area contributed by atoms with Crippen LogP contribution in [0.4, 0.5) is 0 Å². The smallest absolute Gasteiger partial charge is 0.249 e. The maximum Gasteiger partial charge on any atom is 0.249 e. The molecule has 1 atom stereocenters. The zero-order valence-corrected chi connectivity index (χ0v) is 9.62. The van der Waals surface area contributed by atoms with Gasteiger partial charge in [0.2, 0.25) is 5.91 Å². The van der Waals surface area contributed by atoms with E-state index in [2.05, 4.69) is 5.32 Å². The molecule has 90 valence electrons. The largest absolute Gasteiger partial charge is 0.396 e. The van der Waals surface area contributed by atoms with Crippen LogP contribution in [0.25, 0.3) is 0 Å². The molecule has 15 heavy (non-hydrogen) atoms. The highest BCUT2D eigenvalue weighted by Crippen LogP contribution is 2.19. The summed E-state index contributed by atoms with van der Waals surface area (Å²) in [6.07, 6.45) is -0.487. The molecule has 0 aromatic carbocycles. The molecular formula is C10H21NO4. The highest BCUT2D eigenvalue weighted by Gasteiger charge is 2.32. The molecule has 0 fully saturated rings. The van der Waals surface area contributed by atoms with Gasteiger partial charge < -0.3 is 20.3 Å². The van der Waals surface area contributed by atoms with Gasteiger partial charge in [0.1, 0.15) is 6.10 Å². The summed E-state index contributed by atoms with van der Waals surface area (Å²) in [7, 11) is 1.59. The first-order valence-corrected chi connectivity index (χ1v) is 5.01. The van der Waals surface area contributed by atoms with E-state index in [1.807, 2.05) is 0 Å². The Labute approximate surface area is 90.4 Å². The van der Waals surface area contributed by atoms with E-state index in [0.29, 0.717) is 19.6 Å². The van der Waals surface area contributed by atoms with E-state index >= 15 is 0 Å². The van der Waals surface area contributed by atoms with Gasteiger partial charge in [-0.25, -0.2) is 0 Å². The summed E-state index contributed by atoms with van der Waals surface area (Å²) in [6, 6.07) is 0. The monoisotopic (exact) mass is 219 g/mol.